The fraction of sp³-hybridized carbons (Fsp3) is 0.250. The van der Waals surface area contributed by atoms with Crippen LogP contribution in [0.25, 0.3) is 0 Å². The monoisotopic (exact) mass is 158 g/mol. The summed E-state index contributed by atoms with van der Waals surface area (Å²) in [7, 11) is 1.57. The van der Waals surface area contributed by atoms with E-state index in [1.165, 1.54) is 0 Å². The Bertz CT molecular complexity index is 168. The molecule has 0 spiro atoms. The fourth-order valence-corrected chi connectivity index (χ4v) is 0.635. The van der Waals surface area contributed by atoms with Gasteiger partial charge < -0.3 is 4.74 Å². The molecule has 0 N–H and O–H groups in total. The molecule has 0 rings (SSSR count). The lowest BCUT2D eigenvalue weighted by Gasteiger charge is -2.01. The molecule has 0 atom stereocenters. The van der Waals surface area contributed by atoms with Gasteiger partial charge in [-0.15, -0.1) is 0 Å². The van der Waals surface area contributed by atoms with E-state index in [4.69, 9.17) is 16.3 Å². The summed E-state index contributed by atoms with van der Waals surface area (Å²) in [4.78, 5) is 0. The van der Waals surface area contributed by atoms with Crippen molar-refractivity contribution in [3.8, 4) is 0 Å². The smallest absolute Gasteiger partial charge is 0.137 e. The summed E-state index contributed by atoms with van der Waals surface area (Å²) >= 11 is 5.73. The van der Waals surface area contributed by atoms with Gasteiger partial charge in [-0.05, 0) is 13.0 Å². The number of allylic oxidation sites excluding steroid dienone is 4. The van der Waals surface area contributed by atoms with Crippen molar-refractivity contribution in [3.63, 3.8) is 0 Å². The third-order valence-corrected chi connectivity index (χ3v) is 1.38. The van der Waals surface area contributed by atoms with Crippen molar-refractivity contribution in [3.05, 3.63) is 35.6 Å². The molecule has 2 heteroatoms. The van der Waals surface area contributed by atoms with Crippen molar-refractivity contribution in [2.24, 2.45) is 0 Å². The van der Waals surface area contributed by atoms with Crippen LogP contribution in [0.4, 0.5) is 0 Å². The molecule has 0 aromatic rings. The van der Waals surface area contributed by atoms with Crippen LogP contribution < -0.4 is 0 Å². The Morgan fingerprint density at radius 3 is 2.50 bits per heavy atom. The van der Waals surface area contributed by atoms with E-state index >= 15 is 0 Å². The summed E-state index contributed by atoms with van der Waals surface area (Å²) in [5, 5.41) is 0.599. The maximum atomic E-state index is 5.73. The van der Waals surface area contributed by atoms with Crippen molar-refractivity contribution < 1.29 is 4.74 Å². The van der Waals surface area contributed by atoms with Gasteiger partial charge in [-0.1, -0.05) is 30.3 Å². The average molecular weight is 159 g/mol. The van der Waals surface area contributed by atoms with Gasteiger partial charge in [0.2, 0.25) is 0 Å². The molecule has 0 aliphatic heterocycles. The van der Waals surface area contributed by atoms with E-state index < -0.39 is 0 Å². The summed E-state index contributed by atoms with van der Waals surface area (Å²) in [5.41, 5.74) is 0. The highest BCUT2D eigenvalue weighted by atomic mass is 35.5. The van der Waals surface area contributed by atoms with E-state index in [-0.39, 0.29) is 0 Å². The second-order valence-electron chi connectivity index (χ2n) is 1.61. The topological polar surface area (TPSA) is 9.23 Å². The molecule has 1 nitrogen and oxygen atoms in total. The van der Waals surface area contributed by atoms with Gasteiger partial charge in [-0.3, -0.25) is 0 Å². The highest BCUT2D eigenvalue weighted by molar-refractivity contribution is 6.31. The molecule has 0 amide bonds. The molecular weight excluding hydrogens is 148 g/mol. The number of ether oxygens (including phenoxy) is 1. The Kier molecular flexibility index (Phi) is 4.77. The Hall–Kier alpha value is -0.690. The van der Waals surface area contributed by atoms with E-state index in [2.05, 4.69) is 6.58 Å². The summed E-state index contributed by atoms with van der Waals surface area (Å²) < 4.78 is 4.93. The zero-order valence-electron chi connectivity index (χ0n) is 6.23. The molecule has 0 fully saturated rings. The number of hydrogen-bond donors (Lipinski definition) is 0. The average Bonchev–Trinajstić information content (AvgIpc) is 1.99. The summed E-state index contributed by atoms with van der Waals surface area (Å²) in [6, 6.07) is 0. The Morgan fingerprint density at radius 2 is 2.20 bits per heavy atom. The van der Waals surface area contributed by atoms with E-state index in [0.717, 1.165) is 0 Å². The van der Waals surface area contributed by atoms with Crippen LogP contribution in [0.15, 0.2) is 35.6 Å². The van der Waals surface area contributed by atoms with Crippen LogP contribution in [0.2, 0.25) is 0 Å². The predicted octanol–water partition coefficient (Wildman–Crippen LogP) is 2.85. The zero-order chi connectivity index (χ0) is 7.98. The van der Waals surface area contributed by atoms with E-state index in [0.29, 0.717) is 10.8 Å². The maximum absolute atomic E-state index is 5.73. The third-order valence-electron chi connectivity index (χ3n) is 0.978. The third kappa shape index (κ3) is 2.74. The normalized spacial score (nSPS) is 13.1. The Labute approximate surface area is 66.6 Å². The fourth-order valence-electron chi connectivity index (χ4n) is 0.494. The van der Waals surface area contributed by atoms with E-state index in [1.54, 1.807) is 25.3 Å². The first kappa shape index (κ1) is 9.31. The first-order valence-electron chi connectivity index (χ1n) is 2.95. The quantitative estimate of drug-likeness (QED) is 0.454. The van der Waals surface area contributed by atoms with Gasteiger partial charge in [0.05, 0.1) is 12.1 Å². The molecule has 0 saturated carbocycles. The van der Waals surface area contributed by atoms with Crippen LogP contribution in [-0.4, -0.2) is 7.11 Å². The lowest BCUT2D eigenvalue weighted by Crippen LogP contribution is -1.84. The van der Waals surface area contributed by atoms with Crippen molar-refractivity contribution in [1.29, 1.82) is 0 Å². The first-order chi connectivity index (χ1) is 4.76. The molecule has 0 radical (unpaired) electrons. The standard InChI is InChI=1S/C8H11ClO/c1-4-6-8(10-3)7(9)5-2/h4-6H,1H2,2-3H3. The second-order valence-corrected chi connectivity index (χ2v) is 2.01. The molecule has 56 valence electrons. The van der Waals surface area contributed by atoms with Gasteiger partial charge in [0, 0.05) is 0 Å². The minimum Gasteiger partial charge on any atom is -0.495 e. The van der Waals surface area contributed by atoms with E-state index in [9.17, 15) is 0 Å². The zero-order valence-corrected chi connectivity index (χ0v) is 6.98. The number of rotatable bonds is 3. The Balaban J connectivity index is 4.35. The molecule has 0 unspecified atom stereocenters. The largest absolute Gasteiger partial charge is 0.495 e. The lowest BCUT2D eigenvalue weighted by atomic mass is 10.4. The van der Waals surface area contributed by atoms with Crippen molar-refractivity contribution in [2.45, 2.75) is 6.92 Å². The summed E-state index contributed by atoms with van der Waals surface area (Å²) in [5.74, 6) is 0.638. The predicted molar refractivity (Wildman–Crippen MR) is 44.9 cm³/mol. The highest BCUT2D eigenvalue weighted by Gasteiger charge is 1.96. The van der Waals surface area contributed by atoms with Crippen molar-refractivity contribution >= 4 is 11.6 Å². The molecule has 0 aromatic heterocycles. The summed E-state index contributed by atoms with van der Waals surface area (Å²) in [6.45, 7) is 5.37. The van der Waals surface area contributed by atoms with Gasteiger partial charge >= 0.3 is 0 Å². The molecule has 0 saturated heterocycles. The lowest BCUT2D eigenvalue weighted by molar-refractivity contribution is 0.305. The molecule has 0 aliphatic rings. The first-order valence-corrected chi connectivity index (χ1v) is 3.33. The van der Waals surface area contributed by atoms with E-state index in [1.807, 2.05) is 6.92 Å². The van der Waals surface area contributed by atoms with Crippen LogP contribution in [0, 0.1) is 0 Å². The summed E-state index contributed by atoms with van der Waals surface area (Å²) in [6.07, 6.45) is 5.10. The van der Waals surface area contributed by atoms with Crippen LogP contribution in [0.1, 0.15) is 6.92 Å². The van der Waals surface area contributed by atoms with Crippen LogP contribution in [0.5, 0.6) is 0 Å². The maximum Gasteiger partial charge on any atom is 0.137 e. The van der Waals surface area contributed by atoms with Crippen LogP contribution in [0.3, 0.4) is 0 Å². The molecule has 0 aromatic carbocycles. The van der Waals surface area contributed by atoms with Crippen molar-refractivity contribution in [2.75, 3.05) is 7.11 Å². The highest BCUT2D eigenvalue weighted by Crippen LogP contribution is 2.14. The Morgan fingerprint density at radius 1 is 1.60 bits per heavy atom. The second kappa shape index (κ2) is 5.12. The van der Waals surface area contributed by atoms with Crippen LogP contribution in [-0.2, 0) is 4.74 Å². The number of methoxy groups -OCH3 is 1. The van der Waals surface area contributed by atoms with Gasteiger partial charge in [0.15, 0.2) is 0 Å². The number of halogens is 1. The molecule has 0 aliphatic carbocycles. The van der Waals surface area contributed by atoms with Gasteiger partial charge in [-0.25, -0.2) is 0 Å². The molecular formula is C8H11ClO. The molecule has 10 heavy (non-hydrogen) atoms. The van der Waals surface area contributed by atoms with Gasteiger partial charge in [0.1, 0.15) is 5.76 Å². The van der Waals surface area contributed by atoms with Gasteiger partial charge in [0.25, 0.3) is 0 Å². The minimum absolute atomic E-state index is 0.599. The van der Waals surface area contributed by atoms with Crippen molar-refractivity contribution in [1.82, 2.24) is 0 Å². The van der Waals surface area contributed by atoms with Gasteiger partial charge in [-0.2, -0.15) is 0 Å². The number of hydrogen-bond acceptors (Lipinski definition) is 1. The SMILES string of the molecule is C=CC=C(OC)C(Cl)=CC. The van der Waals surface area contributed by atoms with Crippen LogP contribution >= 0.6 is 11.6 Å². The minimum atomic E-state index is 0.599. The molecule has 0 bridgehead atoms. The molecule has 0 heterocycles.